The van der Waals surface area contributed by atoms with Crippen molar-refractivity contribution in [2.45, 2.75) is 39.8 Å². The molecule has 2 aromatic carbocycles. The van der Waals surface area contributed by atoms with Crippen molar-refractivity contribution in [1.82, 2.24) is 5.32 Å². The zero-order chi connectivity index (χ0) is 13.7. The van der Waals surface area contributed by atoms with E-state index in [1.165, 1.54) is 22.3 Å². The summed E-state index contributed by atoms with van der Waals surface area (Å²) in [4.78, 5) is 0. The van der Waals surface area contributed by atoms with Crippen LogP contribution in [0.1, 0.15) is 42.1 Å². The molecule has 2 aromatic rings. The molecule has 0 aliphatic carbocycles. The van der Waals surface area contributed by atoms with Crippen LogP contribution in [0.3, 0.4) is 0 Å². The molecule has 0 fully saturated rings. The predicted molar refractivity (Wildman–Crippen MR) is 82.3 cm³/mol. The van der Waals surface area contributed by atoms with E-state index >= 15 is 0 Å². The Bertz CT molecular complexity index is 513. The molecule has 0 saturated heterocycles. The summed E-state index contributed by atoms with van der Waals surface area (Å²) in [5.74, 6) is 0. The van der Waals surface area contributed by atoms with Crippen LogP contribution in [0, 0.1) is 6.92 Å². The van der Waals surface area contributed by atoms with E-state index in [2.05, 4.69) is 74.6 Å². The number of nitrogens with one attached hydrogen (secondary N) is 1. The standard InChI is InChI=1S/C18H23N/c1-4-16-8-10-17(11-9-16)13-19-15(3)18-7-5-6-14(2)12-18/h5-12,15,19H,4,13H2,1-3H3/t15-/m0/s1. The highest BCUT2D eigenvalue weighted by Gasteiger charge is 2.04. The molecule has 1 atom stereocenters. The fourth-order valence-corrected chi connectivity index (χ4v) is 2.22. The summed E-state index contributed by atoms with van der Waals surface area (Å²) in [5.41, 5.74) is 5.41. The first kappa shape index (κ1) is 13.8. The Balaban J connectivity index is 1.94. The third-order valence-electron chi connectivity index (χ3n) is 3.59. The zero-order valence-electron chi connectivity index (χ0n) is 12.1. The van der Waals surface area contributed by atoms with Crippen molar-refractivity contribution in [2.75, 3.05) is 0 Å². The number of rotatable bonds is 5. The third-order valence-corrected chi connectivity index (χ3v) is 3.59. The summed E-state index contributed by atoms with van der Waals surface area (Å²) >= 11 is 0. The molecule has 0 spiro atoms. The van der Waals surface area contributed by atoms with Crippen molar-refractivity contribution in [2.24, 2.45) is 0 Å². The lowest BCUT2D eigenvalue weighted by molar-refractivity contribution is 0.574. The molecule has 1 N–H and O–H groups in total. The maximum atomic E-state index is 3.58. The molecule has 0 amide bonds. The van der Waals surface area contributed by atoms with Gasteiger partial charge in [0.2, 0.25) is 0 Å². The van der Waals surface area contributed by atoms with Gasteiger partial charge in [0.25, 0.3) is 0 Å². The van der Waals surface area contributed by atoms with E-state index in [1.807, 2.05) is 0 Å². The van der Waals surface area contributed by atoms with Crippen LogP contribution in [-0.2, 0) is 13.0 Å². The minimum absolute atomic E-state index is 0.380. The molecule has 0 unspecified atom stereocenters. The summed E-state index contributed by atoms with van der Waals surface area (Å²) < 4.78 is 0. The van der Waals surface area contributed by atoms with Crippen LogP contribution in [0.15, 0.2) is 48.5 Å². The Morgan fingerprint density at radius 3 is 2.32 bits per heavy atom. The van der Waals surface area contributed by atoms with Gasteiger partial charge in [0, 0.05) is 12.6 Å². The Hall–Kier alpha value is -1.60. The summed E-state index contributed by atoms with van der Waals surface area (Å²) in [7, 11) is 0. The van der Waals surface area contributed by atoms with Gasteiger partial charge in [0.1, 0.15) is 0 Å². The second kappa shape index (κ2) is 6.53. The highest BCUT2D eigenvalue weighted by Crippen LogP contribution is 2.14. The molecule has 0 bridgehead atoms. The summed E-state index contributed by atoms with van der Waals surface area (Å²) in [5, 5.41) is 3.58. The van der Waals surface area contributed by atoms with E-state index in [0.717, 1.165) is 13.0 Å². The summed E-state index contributed by atoms with van der Waals surface area (Å²) in [6.07, 6.45) is 1.10. The van der Waals surface area contributed by atoms with Crippen molar-refractivity contribution in [3.05, 3.63) is 70.8 Å². The average molecular weight is 253 g/mol. The monoisotopic (exact) mass is 253 g/mol. The van der Waals surface area contributed by atoms with Gasteiger partial charge >= 0.3 is 0 Å². The molecule has 100 valence electrons. The quantitative estimate of drug-likeness (QED) is 0.832. The maximum Gasteiger partial charge on any atom is 0.0295 e. The number of hydrogen-bond donors (Lipinski definition) is 1. The van der Waals surface area contributed by atoms with Crippen molar-refractivity contribution in [3.8, 4) is 0 Å². The largest absolute Gasteiger partial charge is 0.306 e. The Labute approximate surface area is 116 Å². The molecule has 0 aliphatic rings. The minimum atomic E-state index is 0.380. The molecule has 0 aromatic heterocycles. The van der Waals surface area contributed by atoms with Gasteiger partial charge in [-0.15, -0.1) is 0 Å². The van der Waals surface area contributed by atoms with E-state index < -0.39 is 0 Å². The predicted octanol–water partition coefficient (Wildman–Crippen LogP) is 4.41. The zero-order valence-corrected chi connectivity index (χ0v) is 12.1. The van der Waals surface area contributed by atoms with Crippen LogP contribution >= 0.6 is 0 Å². The van der Waals surface area contributed by atoms with Crippen molar-refractivity contribution >= 4 is 0 Å². The van der Waals surface area contributed by atoms with Crippen LogP contribution < -0.4 is 5.32 Å². The molecule has 0 heterocycles. The van der Waals surface area contributed by atoms with Crippen molar-refractivity contribution in [1.29, 1.82) is 0 Å². The van der Waals surface area contributed by atoms with Gasteiger partial charge in [-0.2, -0.15) is 0 Å². The first-order valence-electron chi connectivity index (χ1n) is 7.07. The first-order chi connectivity index (χ1) is 9.19. The second-order valence-corrected chi connectivity index (χ2v) is 5.19. The Kier molecular flexibility index (Phi) is 4.75. The van der Waals surface area contributed by atoms with E-state index in [9.17, 15) is 0 Å². The van der Waals surface area contributed by atoms with Gasteiger partial charge in [0.15, 0.2) is 0 Å². The Morgan fingerprint density at radius 1 is 1.00 bits per heavy atom. The lowest BCUT2D eigenvalue weighted by Gasteiger charge is -2.15. The topological polar surface area (TPSA) is 12.0 Å². The number of hydrogen-bond acceptors (Lipinski definition) is 1. The highest BCUT2D eigenvalue weighted by atomic mass is 14.9. The third kappa shape index (κ3) is 3.93. The average Bonchev–Trinajstić information content (AvgIpc) is 2.45. The maximum absolute atomic E-state index is 3.58. The van der Waals surface area contributed by atoms with E-state index in [4.69, 9.17) is 0 Å². The highest BCUT2D eigenvalue weighted by molar-refractivity contribution is 5.25. The molecule has 1 nitrogen and oxygen atoms in total. The smallest absolute Gasteiger partial charge is 0.0295 e. The van der Waals surface area contributed by atoms with Gasteiger partial charge in [-0.05, 0) is 37.0 Å². The summed E-state index contributed by atoms with van der Waals surface area (Å²) in [6, 6.07) is 17.9. The molecule has 0 aliphatic heterocycles. The second-order valence-electron chi connectivity index (χ2n) is 5.19. The summed E-state index contributed by atoms with van der Waals surface area (Å²) in [6.45, 7) is 7.46. The van der Waals surface area contributed by atoms with Crippen molar-refractivity contribution in [3.63, 3.8) is 0 Å². The van der Waals surface area contributed by atoms with Crippen LogP contribution in [0.25, 0.3) is 0 Å². The Morgan fingerprint density at radius 2 is 1.68 bits per heavy atom. The molecular formula is C18H23N. The van der Waals surface area contributed by atoms with Crippen LogP contribution in [0.4, 0.5) is 0 Å². The fourth-order valence-electron chi connectivity index (χ4n) is 2.22. The molecular weight excluding hydrogens is 230 g/mol. The number of aryl methyl sites for hydroxylation is 2. The van der Waals surface area contributed by atoms with Crippen LogP contribution in [0.2, 0.25) is 0 Å². The molecule has 1 heteroatoms. The SMILES string of the molecule is CCc1ccc(CN[C@@H](C)c2cccc(C)c2)cc1. The number of benzene rings is 2. The van der Waals surface area contributed by atoms with E-state index in [1.54, 1.807) is 0 Å². The lowest BCUT2D eigenvalue weighted by atomic mass is 10.1. The van der Waals surface area contributed by atoms with E-state index in [-0.39, 0.29) is 0 Å². The first-order valence-corrected chi connectivity index (χ1v) is 7.07. The normalized spacial score (nSPS) is 12.4. The van der Waals surface area contributed by atoms with Gasteiger partial charge in [-0.25, -0.2) is 0 Å². The molecule has 19 heavy (non-hydrogen) atoms. The fraction of sp³-hybridized carbons (Fsp3) is 0.333. The van der Waals surface area contributed by atoms with E-state index in [0.29, 0.717) is 6.04 Å². The van der Waals surface area contributed by atoms with Crippen LogP contribution in [-0.4, -0.2) is 0 Å². The van der Waals surface area contributed by atoms with Gasteiger partial charge in [-0.1, -0.05) is 61.0 Å². The molecule has 0 saturated carbocycles. The minimum Gasteiger partial charge on any atom is -0.306 e. The van der Waals surface area contributed by atoms with Crippen molar-refractivity contribution < 1.29 is 0 Å². The lowest BCUT2D eigenvalue weighted by Crippen LogP contribution is -2.18. The molecule has 2 rings (SSSR count). The van der Waals surface area contributed by atoms with Gasteiger partial charge < -0.3 is 5.32 Å². The van der Waals surface area contributed by atoms with Crippen LogP contribution in [0.5, 0.6) is 0 Å². The van der Waals surface area contributed by atoms with Gasteiger partial charge in [-0.3, -0.25) is 0 Å². The van der Waals surface area contributed by atoms with Gasteiger partial charge in [0.05, 0.1) is 0 Å². The molecule has 0 radical (unpaired) electrons.